The van der Waals surface area contributed by atoms with Crippen LogP contribution in [0.4, 0.5) is 10.1 Å². The van der Waals surface area contributed by atoms with E-state index in [4.69, 9.17) is 0 Å². The zero-order valence-corrected chi connectivity index (χ0v) is 17.0. The predicted octanol–water partition coefficient (Wildman–Crippen LogP) is 4.74. The molecular weight excluding hydrogens is 379 g/mol. The van der Waals surface area contributed by atoms with E-state index < -0.39 is 0 Å². The fraction of sp³-hybridized carbons (Fsp3) is 0.200. The minimum absolute atomic E-state index is 0.0477. The second-order valence-corrected chi connectivity index (χ2v) is 7.08. The molecule has 0 saturated carbocycles. The molecule has 3 aromatic rings. The van der Waals surface area contributed by atoms with E-state index in [9.17, 15) is 14.0 Å². The van der Waals surface area contributed by atoms with E-state index in [1.165, 1.54) is 12.1 Å². The minimum Gasteiger partial charge on any atom is -0.356 e. The Morgan fingerprint density at radius 1 is 0.900 bits per heavy atom. The number of nitrogens with one attached hydrogen (secondary N) is 1. The molecule has 0 bridgehead atoms. The van der Waals surface area contributed by atoms with Gasteiger partial charge in [0.05, 0.1) is 13.0 Å². The summed E-state index contributed by atoms with van der Waals surface area (Å²) in [5.74, 6) is -0.527. The van der Waals surface area contributed by atoms with Crippen LogP contribution in [0.5, 0.6) is 0 Å². The number of carbonyl (C=O) groups is 2. The molecule has 4 nitrogen and oxygen atoms in total. The van der Waals surface area contributed by atoms with E-state index in [1.54, 1.807) is 29.2 Å². The van der Waals surface area contributed by atoms with Gasteiger partial charge in [0.25, 0.3) is 5.91 Å². The van der Waals surface area contributed by atoms with Crippen molar-refractivity contribution in [3.63, 3.8) is 0 Å². The van der Waals surface area contributed by atoms with Crippen molar-refractivity contribution in [2.75, 3.05) is 11.4 Å². The summed E-state index contributed by atoms with van der Waals surface area (Å²) >= 11 is 0. The number of halogens is 1. The number of nitrogens with zero attached hydrogens (tertiary/aromatic N) is 1. The van der Waals surface area contributed by atoms with Gasteiger partial charge in [-0.05, 0) is 53.9 Å². The molecule has 30 heavy (non-hydrogen) atoms. The molecule has 0 atom stereocenters. The zero-order valence-electron chi connectivity index (χ0n) is 17.0. The molecule has 0 spiro atoms. The molecule has 0 radical (unpaired) electrons. The molecule has 3 aromatic carbocycles. The van der Waals surface area contributed by atoms with Gasteiger partial charge in [-0.2, -0.15) is 0 Å². The Labute approximate surface area is 176 Å². The normalized spacial score (nSPS) is 10.5. The molecule has 0 aliphatic carbocycles. The summed E-state index contributed by atoms with van der Waals surface area (Å²) in [6, 6.07) is 22.5. The second kappa shape index (κ2) is 10.3. The zero-order chi connectivity index (χ0) is 21.3. The number of benzene rings is 3. The smallest absolute Gasteiger partial charge is 0.258 e. The molecule has 0 aromatic heterocycles. The molecule has 154 valence electrons. The van der Waals surface area contributed by atoms with E-state index in [2.05, 4.69) is 5.32 Å². The van der Waals surface area contributed by atoms with Gasteiger partial charge in [0, 0.05) is 17.8 Å². The van der Waals surface area contributed by atoms with Gasteiger partial charge in [0.1, 0.15) is 5.82 Å². The van der Waals surface area contributed by atoms with Gasteiger partial charge in [0.2, 0.25) is 5.91 Å². The van der Waals surface area contributed by atoms with Crippen LogP contribution >= 0.6 is 0 Å². The molecule has 0 heterocycles. The number of hydrogen-bond donors (Lipinski definition) is 1. The fourth-order valence-electron chi connectivity index (χ4n) is 3.14. The molecule has 0 aliphatic heterocycles. The standard InChI is InChI=1S/C25H25FN2O2/c1-2-15-27-24(29)17-20-7-6-10-23(16-20)28(18-19-11-13-22(26)14-12-19)25(30)21-8-4-3-5-9-21/h3-14,16H,2,15,17-18H2,1H3,(H,27,29). The van der Waals surface area contributed by atoms with Crippen LogP contribution in [-0.4, -0.2) is 18.4 Å². The largest absolute Gasteiger partial charge is 0.356 e. The number of hydrogen-bond acceptors (Lipinski definition) is 2. The summed E-state index contributed by atoms with van der Waals surface area (Å²) in [6.07, 6.45) is 1.13. The summed E-state index contributed by atoms with van der Waals surface area (Å²) in [6.45, 7) is 2.94. The highest BCUT2D eigenvalue weighted by Gasteiger charge is 2.19. The van der Waals surface area contributed by atoms with Crippen LogP contribution in [0.3, 0.4) is 0 Å². The first kappa shape index (κ1) is 21.2. The summed E-state index contributed by atoms with van der Waals surface area (Å²) in [5.41, 5.74) is 2.89. The number of rotatable bonds is 8. The average Bonchev–Trinajstić information content (AvgIpc) is 2.77. The Bertz CT molecular complexity index is 988. The first-order valence-corrected chi connectivity index (χ1v) is 10.0. The number of carbonyl (C=O) groups excluding carboxylic acids is 2. The van der Waals surface area contributed by atoms with E-state index in [1.807, 2.05) is 49.4 Å². The fourth-order valence-corrected chi connectivity index (χ4v) is 3.14. The van der Waals surface area contributed by atoms with E-state index in [0.717, 1.165) is 17.5 Å². The second-order valence-electron chi connectivity index (χ2n) is 7.08. The van der Waals surface area contributed by atoms with Crippen molar-refractivity contribution in [2.24, 2.45) is 0 Å². The van der Waals surface area contributed by atoms with Gasteiger partial charge in [0.15, 0.2) is 0 Å². The van der Waals surface area contributed by atoms with Crippen molar-refractivity contribution >= 4 is 17.5 Å². The Morgan fingerprint density at radius 2 is 1.63 bits per heavy atom. The SMILES string of the molecule is CCCNC(=O)Cc1cccc(N(Cc2ccc(F)cc2)C(=O)c2ccccc2)c1. The lowest BCUT2D eigenvalue weighted by Gasteiger charge is -2.24. The van der Waals surface area contributed by atoms with Crippen molar-refractivity contribution < 1.29 is 14.0 Å². The highest BCUT2D eigenvalue weighted by molar-refractivity contribution is 6.06. The van der Waals surface area contributed by atoms with Crippen LogP contribution in [0.25, 0.3) is 0 Å². The Kier molecular flexibility index (Phi) is 7.33. The minimum atomic E-state index is -0.320. The van der Waals surface area contributed by atoms with Crippen LogP contribution in [0.2, 0.25) is 0 Å². The molecule has 5 heteroatoms. The van der Waals surface area contributed by atoms with Crippen LogP contribution in [0.1, 0.15) is 34.8 Å². The third-order valence-corrected chi connectivity index (χ3v) is 4.68. The van der Waals surface area contributed by atoms with Crippen molar-refractivity contribution in [2.45, 2.75) is 26.3 Å². The molecule has 0 fully saturated rings. The monoisotopic (exact) mass is 404 g/mol. The van der Waals surface area contributed by atoms with Crippen LogP contribution in [-0.2, 0) is 17.8 Å². The molecule has 0 aliphatic rings. The summed E-state index contributed by atoms with van der Waals surface area (Å²) in [4.78, 5) is 27.0. The van der Waals surface area contributed by atoms with Gasteiger partial charge in [-0.15, -0.1) is 0 Å². The van der Waals surface area contributed by atoms with Gasteiger partial charge in [-0.25, -0.2) is 4.39 Å². The molecule has 0 saturated heterocycles. The maximum absolute atomic E-state index is 13.3. The van der Waals surface area contributed by atoms with Crippen LogP contribution < -0.4 is 10.2 Å². The quantitative estimate of drug-likeness (QED) is 0.589. The van der Waals surface area contributed by atoms with E-state index in [-0.39, 0.29) is 24.1 Å². The third kappa shape index (κ3) is 5.77. The lowest BCUT2D eigenvalue weighted by atomic mass is 10.1. The maximum Gasteiger partial charge on any atom is 0.258 e. The lowest BCUT2D eigenvalue weighted by molar-refractivity contribution is -0.120. The van der Waals surface area contributed by atoms with Crippen molar-refractivity contribution in [3.05, 3.63) is 101 Å². The van der Waals surface area contributed by atoms with Gasteiger partial charge < -0.3 is 10.2 Å². The Morgan fingerprint density at radius 3 is 2.33 bits per heavy atom. The van der Waals surface area contributed by atoms with Crippen molar-refractivity contribution in [3.8, 4) is 0 Å². The third-order valence-electron chi connectivity index (χ3n) is 4.68. The van der Waals surface area contributed by atoms with Gasteiger partial charge in [-0.1, -0.05) is 49.4 Å². The lowest BCUT2D eigenvalue weighted by Crippen LogP contribution is -2.30. The topological polar surface area (TPSA) is 49.4 Å². The molecule has 1 N–H and O–H groups in total. The van der Waals surface area contributed by atoms with Crippen LogP contribution in [0.15, 0.2) is 78.9 Å². The molecule has 3 rings (SSSR count). The van der Waals surface area contributed by atoms with Crippen LogP contribution in [0, 0.1) is 5.82 Å². The Balaban J connectivity index is 1.89. The first-order valence-electron chi connectivity index (χ1n) is 10.0. The maximum atomic E-state index is 13.3. The number of amides is 2. The highest BCUT2D eigenvalue weighted by Crippen LogP contribution is 2.22. The average molecular weight is 404 g/mol. The summed E-state index contributed by atoms with van der Waals surface area (Å²) in [7, 11) is 0. The highest BCUT2D eigenvalue weighted by atomic mass is 19.1. The Hall–Kier alpha value is -3.47. The first-order chi connectivity index (χ1) is 14.6. The van der Waals surface area contributed by atoms with Crippen molar-refractivity contribution in [1.82, 2.24) is 5.32 Å². The molecular formula is C25H25FN2O2. The summed E-state index contributed by atoms with van der Waals surface area (Å²) < 4.78 is 13.3. The van der Waals surface area contributed by atoms with E-state index in [0.29, 0.717) is 24.3 Å². The summed E-state index contributed by atoms with van der Waals surface area (Å²) in [5, 5.41) is 2.87. The van der Waals surface area contributed by atoms with Crippen molar-refractivity contribution in [1.29, 1.82) is 0 Å². The van der Waals surface area contributed by atoms with Gasteiger partial charge in [-0.3, -0.25) is 9.59 Å². The van der Waals surface area contributed by atoms with E-state index >= 15 is 0 Å². The predicted molar refractivity (Wildman–Crippen MR) is 117 cm³/mol. The molecule has 2 amide bonds. The number of anilines is 1. The molecule has 0 unspecified atom stereocenters. The van der Waals surface area contributed by atoms with Gasteiger partial charge >= 0.3 is 0 Å².